The fourth-order valence-corrected chi connectivity index (χ4v) is 6.61. The molecule has 224 valence electrons. The monoisotopic (exact) mass is 599 g/mol. The largest absolute Gasteiger partial charge is 0.274 e. The Hall–Kier alpha value is -5.44. The van der Waals surface area contributed by atoms with Crippen molar-refractivity contribution in [3.05, 3.63) is 106 Å². The highest BCUT2D eigenvalue weighted by Gasteiger charge is 2.41. The van der Waals surface area contributed by atoms with Gasteiger partial charge in [0.05, 0.1) is 22.5 Å². The maximum atomic E-state index is 13.9. The molecule has 0 aliphatic carbocycles. The Kier molecular flexibility index (Phi) is 6.88. The van der Waals surface area contributed by atoms with Gasteiger partial charge >= 0.3 is 0 Å². The second-order valence-corrected chi connectivity index (χ2v) is 11.6. The van der Waals surface area contributed by atoms with E-state index in [4.69, 9.17) is 0 Å². The molecule has 0 saturated carbocycles. The average Bonchev–Trinajstić information content (AvgIpc) is 3.31. The minimum atomic E-state index is -0.634. The first-order chi connectivity index (χ1) is 21.8. The number of benzene rings is 4. The van der Waals surface area contributed by atoms with Gasteiger partial charge in [-0.15, -0.1) is 0 Å². The molecule has 4 aromatic rings. The Labute approximate surface area is 259 Å². The smallest absolute Gasteiger partial charge is 0.266 e. The van der Waals surface area contributed by atoms with Crippen molar-refractivity contribution >= 4 is 57.6 Å². The van der Waals surface area contributed by atoms with Crippen molar-refractivity contribution < 1.29 is 28.8 Å². The SMILES string of the molecule is CCCCCCCCN1C(=O)c2ccc3c4c(ccc(c24)C1=O)C(=O)N(c1cccc(N2C(=O)c4ccccc4C2=O)c1)C3=O. The van der Waals surface area contributed by atoms with Crippen molar-refractivity contribution in [2.24, 2.45) is 0 Å². The van der Waals surface area contributed by atoms with Crippen LogP contribution >= 0.6 is 0 Å². The average molecular weight is 600 g/mol. The standard InChI is InChI=1S/C36H29N3O6/c1-2-3-4-5-6-9-19-37-31(40)25-15-17-27-30-28(18-16-26(29(25)30)32(37)41)36(45)39(35(27)44)22-12-10-11-21(20-22)38-33(42)23-13-7-8-14-24(23)34(38)43/h7-8,10-18,20H,2-6,9,19H2,1H3. The number of nitrogens with zero attached hydrogens (tertiary/aromatic N) is 3. The second kappa shape index (κ2) is 10.9. The molecule has 9 nitrogen and oxygen atoms in total. The van der Waals surface area contributed by atoms with Crippen LogP contribution in [0.2, 0.25) is 0 Å². The molecule has 0 radical (unpaired) electrons. The molecule has 0 fully saturated rings. The van der Waals surface area contributed by atoms with E-state index in [1.54, 1.807) is 54.6 Å². The first kappa shape index (κ1) is 28.3. The summed E-state index contributed by atoms with van der Waals surface area (Å²) in [7, 11) is 0. The molecule has 0 saturated heterocycles. The van der Waals surface area contributed by atoms with E-state index in [0.29, 0.717) is 18.4 Å². The van der Waals surface area contributed by atoms with Crippen LogP contribution in [0, 0.1) is 0 Å². The summed E-state index contributed by atoms with van der Waals surface area (Å²) < 4.78 is 0. The van der Waals surface area contributed by atoms with Crippen LogP contribution in [0.4, 0.5) is 11.4 Å². The van der Waals surface area contributed by atoms with E-state index in [2.05, 4.69) is 6.92 Å². The van der Waals surface area contributed by atoms with Gasteiger partial charge in [0.2, 0.25) is 0 Å². The molecule has 4 aromatic carbocycles. The van der Waals surface area contributed by atoms with Crippen LogP contribution in [0.3, 0.4) is 0 Å². The molecule has 3 heterocycles. The van der Waals surface area contributed by atoms with E-state index in [0.717, 1.165) is 41.9 Å². The van der Waals surface area contributed by atoms with Gasteiger partial charge in [-0.05, 0) is 61.0 Å². The molecule has 9 heteroatoms. The van der Waals surface area contributed by atoms with Crippen LogP contribution in [-0.2, 0) is 0 Å². The molecule has 0 unspecified atom stereocenters. The highest BCUT2D eigenvalue weighted by molar-refractivity contribution is 6.39. The molecule has 0 spiro atoms. The summed E-state index contributed by atoms with van der Waals surface area (Å²) in [6, 6.07) is 18.8. The summed E-state index contributed by atoms with van der Waals surface area (Å²) in [6.07, 6.45) is 6.10. The lowest BCUT2D eigenvalue weighted by molar-refractivity contribution is 0.0605. The summed E-state index contributed by atoms with van der Waals surface area (Å²) in [5, 5.41) is 0.606. The van der Waals surface area contributed by atoms with Gasteiger partial charge in [-0.1, -0.05) is 57.2 Å². The Morgan fingerprint density at radius 2 is 0.867 bits per heavy atom. The van der Waals surface area contributed by atoms with Gasteiger partial charge in [-0.3, -0.25) is 33.7 Å². The number of rotatable bonds is 9. The summed E-state index contributed by atoms with van der Waals surface area (Å²) in [6.45, 7) is 2.46. The van der Waals surface area contributed by atoms with Gasteiger partial charge in [-0.25, -0.2) is 9.80 Å². The third-order valence-corrected chi connectivity index (χ3v) is 8.85. The van der Waals surface area contributed by atoms with Crippen LogP contribution in [0.5, 0.6) is 0 Å². The summed E-state index contributed by atoms with van der Waals surface area (Å²) in [5.41, 5.74) is 1.90. The number of hydrogen-bond donors (Lipinski definition) is 0. The van der Waals surface area contributed by atoms with Crippen LogP contribution in [-0.4, -0.2) is 46.9 Å². The Morgan fingerprint density at radius 1 is 0.444 bits per heavy atom. The molecule has 3 aliphatic heterocycles. The highest BCUT2D eigenvalue weighted by Crippen LogP contribution is 2.40. The zero-order chi connectivity index (χ0) is 31.4. The fourth-order valence-electron chi connectivity index (χ4n) is 6.61. The molecule has 7 rings (SSSR count). The Balaban J connectivity index is 1.21. The summed E-state index contributed by atoms with van der Waals surface area (Å²) in [4.78, 5) is 84.4. The molecule has 0 atom stereocenters. The maximum Gasteiger partial charge on any atom is 0.266 e. The summed E-state index contributed by atoms with van der Waals surface area (Å²) >= 11 is 0. The van der Waals surface area contributed by atoms with Gasteiger partial charge < -0.3 is 0 Å². The third kappa shape index (κ3) is 4.29. The first-order valence-electron chi connectivity index (χ1n) is 15.3. The summed E-state index contributed by atoms with van der Waals surface area (Å²) in [5.74, 6) is -3.11. The molecular formula is C36H29N3O6. The quantitative estimate of drug-likeness (QED) is 0.163. The minimum Gasteiger partial charge on any atom is -0.274 e. The van der Waals surface area contributed by atoms with Crippen LogP contribution < -0.4 is 9.80 Å². The number of carbonyl (C=O) groups excluding carboxylic acids is 6. The van der Waals surface area contributed by atoms with Crippen LogP contribution in [0.25, 0.3) is 10.8 Å². The third-order valence-electron chi connectivity index (χ3n) is 8.85. The van der Waals surface area contributed by atoms with E-state index in [9.17, 15) is 28.8 Å². The number of amides is 6. The highest BCUT2D eigenvalue weighted by atomic mass is 16.2. The van der Waals surface area contributed by atoms with E-state index < -0.39 is 35.4 Å². The molecule has 0 bridgehead atoms. The zero-order valence-electron chi connectivity index (χ0n) is 24.7. The molecular weight excluding hydrogens is 570 g/mol. The Bertz CT molecular complexity index is 1890. The van der Waals surface area contributed by atoms with E-state index in [1.165, 1.54) is 23.1 Å². The number of carbonyl (C=O) groups is 6. The number of unbranched alkanes of at least 4 members (excludes halogenated alkanes) is 5. The van der Waals surface area contributed by atoms with E-state index >= 15 is 0 Å². The zero-order valence-corrected chi connectivity index (χ0v) is 24.7. The Morgan fingerprint density at radius 3 is 1.36 bits per heavy atom. The van der Waals surface area contributed by atoms with Crippen LogP contribution in [0.15, 0.2) is 72.8 Å². The molecule has 6 amide bonds. The number of imide groups is 3. The molecule has 0 N–H and O–H groups in total. The van der Waals surface area contributed by atoms with E-state index in [-0.39, 0.29) is 50.1 Å². The number of fused-ring (bicyclic) bond motifs is 1. The van der Waals surface area contributed by atoms with Gasteiger partial charge in [-0.2, -0.15) is 0 Å². The predicted molar refractivity (Wildman–Crippen MR) is 168 cm³/mol. The van der Waals surface area contributed by atoms with Crippen molar-refractivity contribution in [2.75, 3.05) is 16.3 Å². The topological polar surface area (TPSA) is 112 Å². The van der Waals surface area contributed by atoms with Crippen molar-refractivity contribution in [3.8, 4) is 0 Å². The minimum absolute atomic E-state index is 0.176. The lowest BCUT2D eigenvalue weighted by Gasteiger charge is -2.32. The van der Waals surface area contributed by atoms with E-state index in [1.807, 2.05) is 0 Å². The lowest BCUT2D eigenvalue weighted by Crippen LogP contribution is -2.43. The van der Waals surface area contributed by atoms with Crippen molar-refractivity contribution in [3.63, 3.8) is 0 Å². The van der Waals surface area contributed by atoms with Crippen molar-refractivity contribution in [1.82, 2.24) is 4.90 Å². The van der Waals surface area contributed by atoms with Crippen molar-refractivity contribution in [1.29, 1.82) is 0 Å². The fraction of sp³-hybridized carbons (Fsp3) is 0.222. The lowest BCUT2D eigenvalue weighted by atomic mass is 9.85. The predicted octanol–water partition coefficient (Wildman–Crippen LogP) is 6.40. The van der Waals surface area contributed by atoms with Crippen LogP contribution in [0.1, 0.15) is 108 Å². The molecule has 0 aromatic heterocycles. The second-order valence-electron chi connectivity index (χ2n) is 11.6. The molecule has 45 heavy (non-hydrogen) atoms. The van der Waals surface area contributed by atoms with Gasteiger partial charge in [0.25, 0.3) is 35.4 Å². The molecule has 3 aliphatic rings. The van der Waals surface area contributed by atoms with Gasteiger partial charge in [0, 0.05) is 39.6 Å². The number of hydrogen-bond acceptors (Lipinski definition) is 6. The maximum absolute atomic E-state index is 13.9. The first-order valence-corrected chi connectivity index (χ1v) is 15.3. The van der Waals surface area contributed by atoms with Gasteiger partial charge in [0.15, 0.2) is 0 Å². The van der Waals surface area contributed by atoms with Crippen molar-refractivity contribution in [2.45, 2.75) is 45.4 Å². The normalized spacial score (nSPS) is 15.5. The van der Waals surface area contributed by atoms with Gasteiger partial charge in [0.1, 0.15) is 0 Å². The number of anilines is 2.